The van der Waals surface area contributed by atoms with Crippen LogP contribution in [0.2, 0.25) is 0 Å². The molecule has 1 fully saturated rings. The van der Waals surface area contributed by atoms with Crippen molar-refractivity contribution in [1.29, 1.82) is 0 Å². The summed E-state index contributed by atoms with van der Waals surface area (Å²) >= 11 is 0. The quantitative estimate of drug-likeness (QED) is 0.920. The third-order valence-electron chi connectivity index (χ3n) is 4.72. The number of aromatic nitrogens is 1. The van der Waals surface area contributed by atoms with E-state index in [9.17, 15) is 0 Å². The minimum absolute atomic E-state index is 0.482. The molecule has 0 saturated heterocycles. The van der Waals surface area contributed by atoms with Crippen LogP contribution in [0.3, 0.4) is 0 Å². The summed E-state index contributed by atoms with van der Waals surface area (Å²) in [6, 6.07) is 14.2. The molecule has 0 spiro atoms. The minimum atomic E-state index is 0.482. The van der Waals surface area contributed by atoms with Gasteiger partial charge in [0.15, 0.2) is 0 Å². The Kier molecular flexibility index (Phi) is 3.48. The van der Waals surface area contributed by atoms with E-state index in [2.05, 4.69) is 46.7 Å². The van der Waals surface area contributed by atoms with Crippen molar-refractivity contribution in [1.82, 2.24) is 10.3 Å². The second kappa shape index (κ2) is 5.61. The molecule has 2 aromatic rings. The number of fused-ring (bicyclic) bond motifs is 1. The summed E-state index contributed by atoms with van der Waals surface area (Å²) in [6.45, 7) is 1.00. The Morgan fingerprint density at radius 3 is 2.95 bits per heavy atom. The van der Waals surface area contributed by atoms with Crippen molar-refractivity contribution in [2.75, 3.05) is 0 Å². The smallest absolute Gasteiger partial charge is 0.0510 e. The van der Waals surface area contributed by atoms with Gasteiger partial charge in [-0.15, -0.1) is 0 Å². The molecular formula is C19H22N2. The molecule has 1 atom stereocenters. The van der Waals surface area contributed by atoms with Crippen molar-refractivity contribution in [3.05, 3.63) is 65.0 Å². The van der Waals surface area contributed by atoms with Gasteiger partial charge in [-0.2, -0.15) is 0 Å². The van der Waals surface area contributed by atoms with Gasteiger partial charge < -0.3 is 5.32 Å². The van der Waals surface area contributed by atoms with Crippen LogP contribution < -0.4 is 5.32 Å². The fraction of sp³-hybridized carbons (Fsp3) is 0.421. The zero-order chi connectivity index (χ0) is 14.1. The Labute approximate surface area is 126 Å². The van der Waals surface area contributed by atoms with Gasteiger partial charge in [-0.05, 0) is 54.9 Å². The molecule has 0 aliphatic heterocycles. The summed E-state index contributed by atoms with van der Waals surface area (Å²) in [6.07, 6.45) is 8.31. The van der Waals surface area contributed by atoms with Crippen molar-refractivity contribution in [3.8, 4) is 0 Å². The van der Waals surface area contributed by atoms with Crippen molar-refractivity contribution in [3.63, 3.8) is 0 Å². The SMILES string of the molecule is c1cc(CNC2CC2)cc(C2CCCc3cccnc32)c1. The fourth-order valence-electron chi connectivity index (χ4n) is 3.40. The van der Waals surface area contributed by atoms with E-state index in [0.717, 1.165) is 12.6 Å². The van der Waals surface area contributed by atoms with Crippen LogP contribution in [-0.2, 0) is 13.0 Å². The average Bonchev–Trinajstić information content (AvgIpc) is 3.37. The molecule has 2 aliphatic carbocycles. The maximum absolute atomic E-state index is 4.68. The van der Waals surface area contributed by atoms with E-state index in [0.29, 0.717) is 5.92 Å². The summed E-state index contributed by atoms with van der Waals surface area (Å²) in [4.78, 5) is 4.68. The van der Waals surface area contributed by atoms with E-state index in [1.165, 1.54) is 54.5 Å². The number of hydrogen-bond acceptors (Lipinski definition) is 2. The first-order valence-electron chi connectivity index (χ1n) is 8.16. The molecule has 1 N–H and O–H groups in total. The monoisotopic (exact) mass is 278 g/mol. The average molecular weight is 278 g/mol. The summed E-state index contributed by atoms with van der Waals surface area (Å²) in [7, 11) is 0. The van der Waals surface area contributed by atoms with Gasteiger partial charge in [-0.1, -0.05) is 30.3 Å². The van der Waals surface area contributed by atoms with Gasteiger partial charge in [-0.25, -0.2) is 0 Å². The summed E-state index contributed by atoms with van der Waals surface area (Å²) < 4.78 is 0. The Hall–Kier alpha value is -1.67. The maximum atomic E-state index is 4.68. The molecule has 1 aromatic carbocycles. The molecule has 0 amide bonds. The van der Waals surface area contributed by atoms with Crippen LogP contribution in [0.4, 0.5) is 0 Å². The lowest BCUT2D eigenvalue weighted by Gasteiger charge is -2.25. The lowest BCUT2D eigenvalue weighted by Crippen LogP contribution is -2.16. The zero-order valence-corrected chi connectivity index (χ0v) is 12.4. The minimum Gasteiger partial charge on any atom is -0.310 e. The molecule has 21 heavy (non-hydrogen) atoms. The van der Waals surface area contributed by atoms with Gasteiger partial charge >= 0.3 is 0 Å². The van der Waals surface area contributed by atoms with Gasteiger partial charge in [0.05, 0.1) is 5.69 Å². The summed E-state index contributed by atoms with van der Waals surface area (Å²) in [5, 5.41) is 3.61. The zero-order valence-electron chi connectivity index (χ0n) is 12.4. The van der Waals surface area contributed by atoms with Crippen LogP contribution in [0, 0.1) is 0 Å². The van der Waals surface area contributed by atoms with E-state index in [1.807, 2.05) is 6.20 Å². The largest absolute Gasteiger partial charge is 0.310 e. The van der Waals surface area contributed by atoms with Crippen LogP contribution in [0.15, 0.2) is 42.6 Å². The second-order valence-electron chi connectivity index (χ2n) is 6.39. The van der Waals surface area contributed by atoms with Crippen LogP contribution >= 0.6 is 0 Å². The highest BCUT2D eigenvalue weighted by Gasteiger charge is 2.23. The molecular weight excluding hydrogens is 256 g/mol. The van der Waals surface area contributed by atoms with E-state index in [4.69, 9.17) is 0 Å². The Morgan fingerprint density at radius 2 is 2.05 bits per heavy atom. The van der Waals surface area contributed by atoms with E-state index in [1.54, 1.807) is 0 Å². The van der Waals surface area contributed by atoms with Crippen LogP contribution in [-0.4, -0.2) is 11.0 Å². The normalized spacial score (nSPS) is 21.0. The lowest BCUT2D eigenvalue weighted by atomic mass is 9.82. The molecule has 2 aliphatic rings. The summed E-state index contributed by atoms with van der Waals surface area (Å²) in [5.41, 5.74) is 5.58. The van der Waals surface area contributed by atoms with Gasteiger partial charge in [0.2, 0.25) is 0 Å². The first-order valence-corrected chi connectivity index (χ1v) is 8.16. The predicted molar refractivity (Wildman–Crippen MR) is 85.3 cm³/mol. The van der Waals surface area contributed by atoms with Gasteiger partial charge in [0, 0.05) is 24.7 Å². The van der Waals surface area contributed by atoms with Crippen molar-refractivity contribution >= 4 is 0 Å². The number of pyridine rings is 1. The molecule has 1 aromatic heterocycles. The molecule has 1 unspecified atom stereocenters. The van der Waals surface area contributed by atoms with Crippen LogP contribution in [0.25, 0.3) is 0 Å². The highest BCUT2D eigenvalue weighted by atomic mass is 14.9. The van der Waals surface area contributed by atoms with Crippen LogP contribution in [0.1, 0.15) is 54.0 Å². The van der Waals surface area contributed by atoms with Crippen molar-refractivity contribution in [2.24, 2.45) is 0 Å². The molecule has 1 heterocycles. The summed E-state index contributed by atoms with van der Waals surface area (Å²) in [5.74, 6) is 0.482. The van der Waals surface area contributed by atoms with E-state index < -0.39 is 0 Å². The molecule has 108 valence electrons. The fourth-order valence-corrected chi connectivity index (χ4v) is 3.40. The molecule has 1 saturated carbocycles. The molecule has 0 radical (unpaired) electrons. The Bertz CT molecular complexity index is 631. The highest BCUT2D eigenvalue weighted by Crippen LogP contribution is 2.35. The second-order valence-corrected chi connectivity index (χ2v) is 6.39. The Morgan fingerprint density at radius 1 is 1.10 bits per heavy atom. The number of benzene rings is 1. The van der Waals surface area contributed by atoms with Crippen LogP contribution in [0.5, 0.6) is 0 Å². The van der Waals surface area contributed by atoms with Gasteiger partial charge in [-0.3, -0.25) is 4.98 Å². The Balaban J connectivity index is 1.59. The van der Waals surface area contributed by atoms with Crippen molar-refractivity contribution in [2.45, 2.75) is 50.6 Å². The third kappa shape index (κ3) is 2.86. The van der Waals surface area contributed by atoms with Gasteiger partial charge in [0.25, 0.3) is 0 Å². The molecule has 0 bridgehead atoms. The van der Waals surface area contributed by atoms with Gasteiger partial charge in [0.1, 0.15) is 0 Å². The number of rotatable bonds is 4. The van der Waals surface area contributed by atoms with E-state index in [-0.39, 0.29) is 0 Å². The number of aryl methyl sites for hydroxylation is 1. The molecule has 4 rings (SSSR count). The number of nitrogens with zero attached hydrogens (tertiary/aromatic N) is 1. The maximum Gasteiger partial charge on any atom is 0.0510 e. The standard InChI is InChI=1S/C19H22N2/c1-4-14(13-21-17-9-10-17)12-16(6-1)18-8-2-5-15-7-3-11-20-19(15)18/h1,3-4,6-7,11-12,17-18,21H,2,5,8-10,13H2. The first kappa shape index (κ1) is 13.0. The lowest BCUT2D eigenvalue weighted by molar-refractivity contribution is 0.597. The van der Waals surface area contributed by atoms with E-state index >= 15 is 0 Å². The molecule has 2 heteroatoms. The molecule has 2 nitrogen and oxygen atoms in total. The predicted octanol–water partition coefficient (Wildman–Crippen LogP) is 3.80. The number of hydrogen-bond donors (Lipinski definition) is 1. The van der Waals surface area contributed by atoms with Crippen molar-refractivity contribution < 1.29 is 0 Å². The topological polar surface area (TPSA) is 24.9 Å². The first-order chi connectivity index (χ1) is 10.4. The highest BCUT2D eigenvalue weighted by molar-refractivity contribution is 5.37. The number of nitrogens with one attached hydrogen (secondary N) is 1. The third-order valence-corrected chi connectivity index (χ3v) is 4.72.